The van der Waals surface area contributed by atoms with Crippen LogP contribution in [0.15, 0.2) is 18.2 Å². The lowest BCUT2D eigenvalue weighted by Gasteiger charge is -2.21. The van der Waals surface area contributed by atoms with E-state index in [4.69, 9.17) is 21.1 Å². The smallest absolute Gasteiger partial charge is 0.124 e. The quantitative estimate of drug-likeness (QED) is 0.761. The molecule has 3 heteroatoms. The van der Waals surface area contributed by atoms with E-state index in [2.05, 4.69) is 26.0 Å². The molecule has 18 heavy (non-hydrogen) atoms. The highest BCUT2D eigenvalue weighted by Gasteiger charge is 2.31. The average molecular weight is 269 g/mol. The largest absolute Gasteiger partial charge is 0.494 e. The molecule has 2 nitrogen and oxygen atoms in total. The molecule has 0 spiro atoms. The molecule has 0 radical (unpaired) electrons. The minimum Gasteiger partial charge on any atom is -0.494 e. The maximum absolute atomic E-state index is 6.59. The van der Waals surface area contributed by atoms with E-state index in [0.29, 0.717) is 12.7 Å². The molecule has 3 atom stereocenters. The number of aryl methyl sites for hydroxylation is 1. The maximum Gasteiger partial charge on any atom is 0.124 e. The van der Waals surface area contributed by atoms with E-state index >= 15 is 0 Å². The van der Waals surface area contributed by atoms with Gasteiger partial charge in [0.2, 0.25) is 0 Å². The van der Waals surface area contributed by atoms with Gasteiger partial charge in [0, 0.05) is 5.56 Å². The number of hydrogen-bond donors (Lipinski definition) is 0. The van der Waals surface area contributed by atoms with Crippen molar-refractivity contribution in [1.29, 1.82) is 0 Å². The molecule has 0 aromatic heterocycles. The molecule has 1 aliphatic rings. The lowest BCUT2D eigenvalue weighted by molar-refractivity contribution is 0.0529. The third-order valence-corrected chi connectivity index (χ3v) is 3.87. The molecule has 0 N–H and O–H groups in total. The van der Waals surface area contributed by atoms with Crippen molar-refractivity contribution in [2.45, 2.75) is 51.2 Å². The highest BCUT2D eigenvalue weighted by atomic mass is 35.5. The number of ether oxygens (including phenoxy) is 2. The van der Waals surface area contributed by atoms with Crippen LogP contribution in [-0.4, -0.2) is 18.8 Å². The Morgan fingerprint density at radius 3 is 2.83 bits per heavy atom. The zero-order valence-corrected chi connectivity index (χ0v) is 12.0. The first-order chi connectivity index (χ1) is 8.61. The predicted molar refractivity (Wildman–Crippen MR) is 74.5 cm³/mol. The fraction of sp³-hybridized carbons (Fsp3) is 0.600. The fourth-order valence-corrected chi connectivity index (χ4v) is 2.78. The number of halogens is 1. The van der Waals surface area contributed by atoms with Gasteiger partial charge < -0.3 is 9.47 Å². The highest BCUT2D eigenvalue weighted by molar-refractivity contribution is 6.21. The molecule has 1 saturated heterocycles. The number of hydrogen-bond acceptors (Lipinski definition) is 2. The van der Waals surface area contributed by atoms with Crippen LogP contribution in [0.4, 0.5) is 0 Å². The summed E-state index contributed by atoms with van der Waals surface area (Å²) in [4.78, 5) is 0. The topological polar surface area (TPSA) is 18.5 Å². The molecule has 1 aromatic rings. The van der Waals surface area contributed by atoms with Crippen LogP contribution < -0.4 is 4.74 Å². The second-order valence-corrected chi connectivity index (χ2v) is 5.41. The standard InChI is InChI=1S/C15H21ClO2/c1-4-17-13-7-5-10(2)9-12(13)15(16)14-8-6-11(3)18-14/h5,7,9,11,14-15H,4,6,8H2,1-3H3. The molecule has 1 aromatic carbocycles. The number of benzene rings is 1. The second-order valence-electron chi connectivity index (χ2n) is 4.94. The van der Waals surface area contributed by atoms with Crippen LogP contribution >= 0.6 is 11.6 Å². The Labute approximate surface area is 114 Å². The summed E-state index contributed by atoms with van der Waals surface area (Å²) in [6, 6.07) is 6.16. The van der Waals surface area contributed by atoms with Crippen LogP contribution in [0.3, 0.4) is 0 Å². The molecule has 0 saturated carbocycles. The van der Waals surface area contributed by atoms with Crippen LogP contribution in [-0.2, 0) is 4.74 Å². The van der Waals surface area contributed by atoms with Gasteiger partial charge in [-0.05, 0) is 39.7 Å². The second kappa shape index (κ2) is 5.94. The molecule has 0 amide bonds. The first-order valence-electron chi connectivity index (χ1n) is 6.64. The van der Waals surface area contributed by atoms with Crippen molar-refractivity contribution >= 4 is 11.6 Å². The first kappa shape index (κ1) is 13.7. The molecule has 0 aliphatic carbocycles. The molecule has 1 fully saturated rings. The molecular formula is C15H21ClO2. The summed E-state index contributed by atoms with van der Waals surface area (Å²) in [7, 11) is 0. The van der Waals surface area contributed by atoms with Crippen LogP contribution in [0.1, 0.15) is 43.2 Å². The summed E-state index contributed by atoms with van der Waals surface area (Å²) in [6.45, 7) is 6.81. The van der Waals surface area contributed by atoms with Gasteiger partial charge in [0.05, 0.1) is 24.2 Å². The van der Waals surface area contributed by atoms with E-state index in [1.54, 1.807) is 0 Å². The van der Waals surface area contributed by atoms with Gasteiger partial charge >= 0.3 is 0 Å². The van der Waals surface area contributed by atoms with Gasteiger partial charge in [-0.25, -0.2) is 0 Å². The monoisotopic (exact) mass is 268 g/mol. The van der Waals surface area contributed by atoms with Crippen LogP contribution in [0.2, 0.25) is 0 Å². The van der Waals surface area contributed by atoms with E-state index in [-0.39, 0.29) is 11.5 Å². The molecular weight excluding hydrogens is 248 g/mol. The van der Waals surface area contributed by atoms with Gasteiger partial charge in [0.15, 0.2) is 0 Å². The molecule has 1 aliphatic heterocycles. The Bertz CT molecular complexity index is 405. The Morgan fingerprint density at radius 1 is 1.44 bits per heavy atom. The summed E-state index contributed by atoms with van der Waals surface area (Å²) < 4.78 is 11.5. The van der Waals surface area contributed by atoms with Gasteiger partial charge in [0.25, 0.3) is 0 Å². The van der Waals surface area contributed by atoms with Crippen molar-refractivity contribution in [3.05, 3.63) is 29.3 Å². The van der Waals surface area contributed by atoms with Gasteiger partial charge in [-0.3, -0.25) is 0 Å². The summed E-state index contributed by atoms with van der Waals surface area (Å²) in [6.07, 6.45) is 2.53. The van der Waals surface area contributed by atoms with Crippen LogP contribution in [0, 0.1) is 6.92 Å². The van der Waals surface area contributed by atoms with Gasteiger partial charge in [-0.2, -0.15) is 0 Å². The van der Waals surface area contributed by atoms with E-state index in [1.165, 1.54) is 5.56 Å². The molecule has 1 heterocycles. The zero-order chi connectivity index (χ0) is 13.1. The Morgan fingerprint density at radius 2 is 2.22 bits per heavy atom. The molecule has 2 rings (SSSR count). The molecule has 100 valence electrons. The van der Waals surface area contributed by atoms with Gasteiger partial charge in [0.1, 0.15) is 5.75 Å². The summed E-state index contributed by atoms with van der Waals surface area (Å²) in [5.74, 6) is 0.881. The highest BCUT2D eigenvalue weighted by Crippen LogP contribution is 2.39. The van der Waals surface area contributed by atoms with E-state index in [1.807, 2.05) is 13.0 Å². The van der Waals surface area contributed by atoms with E-state index < -0.39 is 0 Å². The summed E-state index contributed by atoms with van der Waals surface area (Å²) >= 11 is 6.59. The summed E-state index contributed by atoms with van der Waals surface area (Å²) in [5, 5.41) is -0.128. The molecule has 0 bridgehead atoms. The van der Waals surface area contributed by atoms with Crippen LogP contribution in [0.5, 0.6) is 5.75 Å². The normalized spacial score (nSPS) is 25.1. The van der Waals surface area contributed by atoms with Crippen molar-refractivity contribution in [1.82, 2.24) is 0 Å². The zero-order valence-electron chi connectivity index (χ0n) is 11.3. The lowest BCUT2D eigenvalue weighted by Crippen LogP contribution is -2.15. The number of alkyl halides is 1. The van der Waals surface area contributed by atoms with E-state index in [0.717, 1.165) is 24.2 Å². The SMILES string of the molecule is CCOc1ccc(C)cc1C(Cl)C1CCC(C)O1. The Balaban J connectivity index is 2.22. The van der Waals surface area contributed by atoms with E-state index in [9.17, 15) is 0 Å². The minimum atomic E-state index is -0.128. The van der Waals surface area contributed by atoms with Crippen LogP contribution in [0.25, 0.3) is 0 Å². The van der Waals surface area contributed by atoms with Gasteiger partial charge in [-0.15, -0.1) is 11.6 Å². The number of rotatable bonds is 4. The van der Waals surface area contributed by atoms with Crippen molar-refractivity contribution in [2.75, 3.05) is 6.61 Å². The first-order valence-corrected chi connectivity index (χ1v) is 7.08. The van der Waals surface area contributed by atoms with Crippen molar-refractivity contribution in [3.8, 4) is 5.75 Å². The Kier molecular flexibility index (Phi) is 4.52. The summed E-state index contributed by atoms with van der Waals surface area (Å²) in [5.41, 5.74) is 2.25. The fourth-order valence-electron chi connectivity index (χ4n) is 2.42. The predicted octanol–water partition coefficient (Wildman–Crippen LogP) is 4.24. The third kappa shape index (κ3) is 2.99. The lowest BCUT2D eigenvalue weighted by atomic mass is 10.0. The Hall–Kier alpha value is -0.730. The molecule has 3 unspecified atom stereocenters. The average Bonchev–Trinajstić information content (AvgIpc) is 2.77. The van der Waals surface area contributed by atoms with Gasteiger partial charge in [-0.1, -0.05) is 17.7 Å². The van der Waals surface area contributed by atoms with Crippen molar-refractivity contribution < 1.29 is 9.47 Å². The maximum atomic E-state index is 6.59. The van der Waals surface area contributed by atoms with Crippen molar-refractivity contribution in [3.63, 3.8) is 0 Å². The minimum absolute atomic E-state index is 0.0997. The van der Waals surface area contributed by atoms with Crippen molar-refractivity contribution in [2.24, 2.45) is 0 Å². The third-order valence-electron chi connectivity index (χ3n) is 3.35.